The van der Waals surface area contributed by atoms with Crippen LogP contribution in [-0.2, 0) is 19.1 Å². The van der Waals surface area contributed by atoms with Gasteiger partial charge in [-0.1, -0.05) is 12.1 Å². The van der Waals surface area contributed by atoms with E-state index in [2.05, 4.69) is 0 Å². The molecule has 9 nitrogen and oxygen atoms in total. The molecular weight excluding hydrogens is 460 g/mol. The van der Waals surface area contributed by atoms with Gasteiger partial charge in [-0.25, -0.2) is 4.79 Å². The lowest BCUT2D eigenvalue weighted by Crippen LogP contribution is -2.45. The molecule has 1 N–H and O–H groups in total. The molecule has 1 amide bonds. The van der Waals surface area contributed by atoms with Crippen molar-refractivity contribution in [2.45, 2.75) is 23.2 Å². The van der Waals surface area contributed by atoms with Crippen LogP contribution in [-0.4, -0.2) is 74.9 Å². The second-order valence-corrected chi connectivity index (χ2v) is 9.13. The summed E-state index contributed by atoms with van der Waals surface area (Å²) >= 11 is 1.36. The van der Waals surface area contributed by atoms with E-state index in [1.165, 1.54) is 18.7 Å². The first-order valence-electron chi connectivity index (χ1n) is 10.6. The maximum Gasteiger partial charge on any atom is 0.341 e. The second kappa shape index (κ2) is 11.3. The summed E-state index contributed by atoms with van der Waals surface area (Å²) in [5, 5.41) is 8.42. The number of methoxy groups -OCH3 is 1. The summed E-state index contributed by atoms with van der Waals surface area (Å²) in [5.74, 6) is -0.940. The first-order chi connectivity index (χ1) is 16.2. The summed E-state index contributed by atoms with van der Waals surface area (Å²) in [6.45, 7) is 1.77. The van der Waals surface area contributed by atoms with Crippen molar-refractivity contribution < 1.29 is 33.7 Å². The molecule has 0 saturated heterocycles. The Morgan fingerprint density at radius 2 is 1.79 bits per heavy atom. The number of rotatable bonds is 9. The summed E-state index contributed by atoms with van der Waals surface area (Å²) in [6, 6.07) is 12.3. The van der Waals surface area contributed by atoms with Gasteiger partial charge < -0.3 is 29.1 Å². The lowest BCUT2D eigenvalue weighted by atomic mass is 10.1. The Morgan fingerprint density at radius 1 is 1.12 bits per heavy atom. The summed E-state index contributed by atoms with van der Waals surface area (Å²) in [5.41, 5.74) is 1.43. The fourth-order valence-electron chi connectivity index (χ4n) is 3.51. The molecular formula is C24H28N2O7S. The molecule has 3 rings (SSSR count). The van der Waals surface area contributed by atoms with Gasteiger partial charge in [-0.2, -0.15) is 0 Å². The SMILES string of the molecule is COc1ccc([C@@H]2Sc3cc(OCC(=O)O)ccc3N(CCN(C)C)C(=O)[C@@H]2OC(C)=O)cc1. The van der Waals surface area contributed by atoms with E-state index in [-0.39, 0.29) is 5.91 Å². The van der Waals surface area contributed by atoms with Gasteiger partial charge in [0.1, 0.15) is 11.5 Å². The van der Waals surface area contributed by atoms with Crippen LogP contribution in [0.3, 0.4) is 0 Å². The van der Waals surface area contributed by atoms with Gasteiger partial charge >= 0.3 is 11.9 Å². The maximum absolute atomic E-state index is 13.7. The number of hydrogen-bond acceptors (Lipinski definition) is 8. The molecule has 2 aromatic carbocycles. The van der Waals surface area contributed by atoms with Crippen LogP contribution in [0.4, 0.5) is 5.69 Å². The van der Waals surface area contributed by atoms with Crippen molar-refractivity contribution >= 4 is 35.3 Å². The normalized spacial score (nSPS) is 17.7. The number of fused-ring (bicyclic) bond motifs is 1. The Labute approximate surface area is 202 Å². The van der Waals surface area contributed by atoms with Gasteiger partial charge in [0.25, 0.3) is 5.91 Å². The number of carbonyl (C=O) groups excluding carboxylic acids is 2. The maximum atomic E-state index is 13.7. The van der Waals surface area contributed by atoms with Gasteiger partial charge in [-0.05, 0) is 50.0 Å². The molecule has 1 aliphatic rings. The van der Waals surface area contributed by atoms with E-state index in [0.717, 1.165) is 5.56 Å². The van der Waals surface area contributed by atoms with E-state index in [4.69, 9.17) is 19.3 Å². The molecule has 2 atom stereocenters. The Balaban J connectivity index is 2.09. The highest BCUT2D eigenvalue weighted by Crippen LogP contribution is 2.48. The lowest BCUT2D eigenvalue weighted by molar-refractivity contribution is -0.152. The van der Waals surface area contributed by atoms with E-state index in [0.29, 0.717) is 35.2 Å². The summed E-state index contributed by atoms with van der Waals surface area (Å²) < 4.78 is 16.2. The van der Waals surface area contributed by atoms with E-state index in [9.17, 15) is 14.4 Å². The fourth-order valence-corrected chi connectivity index (χ4v) is 4.85. The van der Waals surface area contributed by atoms with Gasteiger partial charge in [0, 0.05) is 24.9 Å². The molecule has 0 radical (unpaired) electrons. The highest BCUT2D eigenvalue weighted by molar-refractivity contribution is 7.99. The summed E-state index contributed by atoms with van der Waals surface area (Å²) in [6.07, 6.45) is -1.06. The van der Waals surface area contributed by atoms with Crippen LogP contribution < -0.4 is 14.4 Å². The number of carboxylic acid groups (broad SMARTS) is 1. The van der Waals surface area contributed by atoms with Crippen LogP contribution in [0.1, 0.15) is 17.7 Å². The van der Waals surface area contributed by atoms with Gasteiger partial charge in [0.05, 0.1) is 18.0 Å². The zero-order valence-corrected chi connectivity index (χ0v) is 20.3. The van der Waals surface area contributed by atoms with E-state index in [1.54, 1.807) is 42.3 Å². The van der Waals surface area contributed by atoms with Crippen molar-refractivity contribution in [3.63, 3.8) is 0 Å². The van der Waals surface area contributed by atoms with Crippen molar-refractivity contribution in [3.05, 3.63) is 48.0 Å². The molecule has 34 heavy (non-hydrogen) atoms. The van der Waals surface area contributed by atoms with E-state index in [1.807, 2.05) is 31.1 Å². The highest BCUT2D eigenvalue weighted by atomic mass is 32.2. The Kier molecular flexibility index (Phi) is 8.41. The number of benzene rings is 2. The number of nitrogens with zero attached hydrogens (tertiary/aromatic N) is 2. The summed E-state index contributed by atoms with van der Waals surface area (Å²) in [4.78, 5) is 41.0. The molecule has 1 heterocycles. The number of carbonyl (C=O) groups is 3. The predicted octanol–water partition coefficient (Wildman–Crippen LogP) is 2.83. The van der Waals surface area contributed by atoms with E-state index < -0.39 is 29.9 Å². The average Bonchev–Trinajstić information content (AvgIpc) is 2.90. The molecule has 182 valence electrons. The molecule has 10 heteroatoms. The van der Waals surface area contributed by atoms with Crippen molar-refractivity contribution in [2.75, 3.05) is 45.8 Å². The van der Waals surface area contributed by atoms with Crippen LogP contribution in [0.25, 0.3) is 0 Å². The van der Waals surface area contributed by atoms with E-state index >= 15 is 0 Å². The molecule has 0 aromatic heterocycles. The third-order valence-electron chi connectivity index (χ3n) is 5.13. The largest absolute Gasteiger partial charge is 0.497 e. The van der Waals surface area contributed by atoms with Crippen LogP contribution in [0.5, 0.6) is 11.5 Å². The number of thioether (sulfide) groups is 1. The molecule has 0 spiro atoms. The van der Waals surface area contributed by atoms with Gasteiger partial charge in [0.15, 0.2) is 12.7 Å². The molecule has 2 aromatic rings. The summed E-state index contributed by atoms with van der Waals surface area (Å²) in [7, 11) is 5.38. The first kappa shape index (κ1) is 25.4. The van der Waals surface area contributed by atoms with Crippen LogP contribution >= 0.6 is 11.8 Å². The van der Waals surface area contributed by atoms with Crippen molar-refractivity contribution in [1.82, 2.24) is 4.90 Å². The molecule has 1 aliphatic heterocycles. The van der Waals surface area contributed by atoms with Crippen molar-refractivity contribution in [3.8, 4) is 11.5 Å². The lowest BCUT2D eigenvalue weighted by Gasteiger charge is -2.28. The van der Waals surface area contributed by atoms with Gasteiger partial charge in [0.2, 0.25) is 0 Å². The number of carboxylic acids is 1. The fraction of sp³-hybridized carbons (Fsp3) is 0.375. The number of likely N-dealkylation sites (N-methyl/N-ethyl adjacent to an activating group) is 1. The topological polar surface area (TPSA) is 106 Å². The van der Waals surface area contributed by atoms with Crippen molar-refractivity contribution in [2.24, 2.45) is 0 Å². The van der Waals surface area contributed by atoms with Crippen molar-refractivity contribution in [1.29, 1.82) is 0 Å². The molecule has 0 aliphatic carbocycles. The third-order valence-corrected chi connectivity index (χ3v) is 6.49. The minimum absolute atomic E-state index is 0.330. The predicted molar refractivity (Wildman–Crippen MR) is 128 cm³/mol. The number of amides is 1. The smallest absolute Gasteiger partial charge is 0.341 e. The monoisotopic (exact) mass is 488 g/mol. The number of anilines is 1. The van der Waals surface area contributed by atoms with Crippen LogP contribution in [0, 0.1) is 0 Å². The number of hydrogen-bond donors (Lipinski definition) is 1. The zero-order chi connectivity index (χ0) is 24.8. The third kappa shape index (κ3) is 6.21. The van der Waals surface area contributed by atoms with Crippen LogP contribution in [0.2, 0.25) is 0 Å². The molecule has 0 unspecified atom stereocenters. The number of ether oxygens (including phenoxy) is 3. The second-order valence-electron chi connectivity index (χ2n) is 7.95. The highest BCUT2D eigenvalue weighted by Gasteiger charge is 2.41. The Bertz CT molecular complexity index is 1040. The standard InChI is InChI=1S/C24H28N2O7S/c1-15(27)33-22-23(16-5-7-17(31-4)8-6-16)34-20-13-18(32-14-21(28)29)9-10-19(20)26(24(22)30)12-11-25(2)3/h5-10,13,22-23H,11-12,14H2,1-4H3,(H,28,29)/t22-,23+/m1/s1. The minimum atomic E-state index is -1.09. The van der Waals surface area contributed by atoms with Crippen LogP contribution in [0.15, 0.2) is 47.4 Å². The van der Waals surface area contributed by atoms with Gasteiger partial charge in [-0.3, -0.25) is 9.59 Å². The Hall–Kier alpha value is -3.24. The quantitative estimate of drug-likeness (QED) is 0.533. The first-order valence-corrected chi connectivity index (χ1v) is 11.5. The average molecular weight is 489 g/mol. The molecule has 0 fully saturated rings. The molecule has 0 saturated carbocycles. The zero-order valence-electron chi connectivity index (χ0n) is 19.5. The Morgan fingerprint density at radius 3 is 2.38 bits per heavy atom. The van der Waals surface area contributed by atoms with Gasteiger partial charge in [-0.15, -0.1) is 11.8 Å². The number of aliphatic carboxylic acids is 1. The molecule has 0 bridgehead atoms. The number of esters is 1. The minimum Gasteiger partial charge on any atom is -0.497 e.